The van der Waals surface area contributed by atoms with Crippen LogP contribution in [0.15, 0.2) is 0 Å². The molecule has 0 aliphatic carbocycles. The first-order chi connectivity index (χ1) is 45.7. The van der Waals surface area contributed by atoms with Crippen LogP contribution in [0.5, 0.6) is 0 Å². The highest BCUT2D eigenvalue weighted by molar-refractivity contribution is 5.80. The Bertz CT molecular complexity index is 1960. The summed E-state index contributed by atoms with van der Waals surface area (Å²) in [7, 11) is 0. The lowest BCUT2D eigenvalue weighted by atomic mass is 9.95. The molecule has 24 unspecified atom stereocenters. The van der Waals surface area contributed by atoms with Crippen molar-refractivity contribution < 1.29 is 119 Å². The summed E-state index contributed by atoms with van der Waals surface area (Å²) >= 11 is 0. The number of carbonyl (C=O) groups excluding carboxylic acids is 2. The summed E-state index contributed by atoms with van der Waals surface area (Å²) in [6, 6.07) is -2.93. The van der Waals surface area contributed by atoms with Gasteiger partial charge < -0.3 is 120 Å². The maximum Gasteiger partial charge on any atom is 0.249 e. The molecule has 4 rings (SSSR count). The van der Waals surface area contributed by atoms with Gasteiger partial charge in [-0.15, -0.1) is 0 Å². The Labute approximate surface area is 565 Å². The lowest BCUT2D eigenvalue weighted by Crippen LogP contribution is -2.68. The Kier molecular flexibility index (Phi) is 43.9. The molecule has 26 nitrogen and oxygen atoms in total. The van der Waals surface area contributed by atoms with Gasteiger partial charge in [-0.2, -0.15) is 0 Å². The molecule has 4 fully saturated rings. The molecule has 24 atom stereocenters. The fourth-order valence-corrected chi connectivity index (χ4v) is 13.1. The van der Waals surface area contributed by atoms with Crippen molar-refractivity contribution in [3.63, 3.8) is 0 Å². The van der Waals surface area contributed by atoms with E-state index in [-0.39, 0.29) is 12.8 Å². The van der Waals surface area contributed by atoms with Gasteiger partial charge in [0, 0.05) is 6.92 Å². The maximum absolute atomic E-state index is 13.7. The van der Waals surface area contributed by atoms with E-state index >= 15 is 0 Å². The van der Waals surface area contributed by atoms with Gasteiger partial charge in [-0.25, -0.2) is 0 Å². The van der Waals surface area contributed by atoms with Crippen molar-refractivity contribution in [2.24, 2.45) is 0 Å². The van der Waals surface area contributed by atoms with E-state index in [2.05, 4.69) is 24.5 Å². The van der Waals surface area contributed by atoms with Crippen LogP contribution < -0.4 is 10.6 Å². The third-order valence-corrected chi connectivity index (χ3v) is 19.3. The lowest BCUT2D eigenvalue weighted by molar-refractivity contribution is -0.373. The van der Waals surface area contributed by atoms with E-state index in [1.54, 1.807) is 0 Å². The zero-order valence-corrected chi connectivity index (χ0v) is 57.8. The number of carbonyl (C=O) groups is 2. The Hall–Kier alpha value is -1.94. The normalized spacial score (nSPS) is 32.6. The van der Waals surface area contributed by atoms with E-state index in [1.807, 2.05) is 0 Å². The number of ether oxygens (including phenoxy) is 8. The molecule has 0 saturated carbocycles. The maximum atomic E-state index is 13.7. The monoisotopic (exact) mass is 1370 g/mol. The van der Waals surface area contributed by atoms with Crippen molar-refractivity contribution in [3.05, 3.63) is 0 Å². The summed E-state index contributed by atoms with van der Waals surface area (Å²) in [6.45, 7) is 3.79. The summed E-state index contributed by atoms with van der Waals surface area (Å²) in [4.78, 5) is 26.3. The highest BCUT2D eigenvalue weighted by atomic mass is 16.8. The standard InChI is InChI=1S/C69H130N2O24/c1-5-7-9-11-13-15-17-19-20-21-22-23-24-25-26-27-29-31-33-35-37-39-48(76)65(87)71-46(54(78)47(75)38-36-34-32-30-28-18-16-14-12-10-8-6-2)42-88-69-64(60(84)55(79)49(40-72)92-69)95-68-62(86)59(83)56(80)51(93-68)43-89-66-52(70-45(4)74)63(57(81)50(41-73)91-66)94-67-61(85)58(82)53(77)44(3)90-67/h44,46-64,66-69,72-73,75-86H,5-43H2,1-4H3,(H,70,74)(H,71,87). The summed E-state index contributed by atoms with van der Waals surface area (Å²) in [5, 5.41) is 159. The molecule has 95 heavy (non-hydrogen) atoms. The van der Waals surface area contributed by atoms with Gasteiger partial charge in [0.25, 0.3) is 0 Å². The molecule has 2 amide bonds. The Morgan fingerprint density at radius 3 is 1.27 bits per heavy atom. The second kappa shape index (κ2) is 48.8. The molecule has 560 valence electrons. The average Bonchev–Trinajstić information content (AvgIpc) is 0.790. The molecule has 0 aromatic heterocycles. The summed E-state index contributed by atoms with van der Waals surface area (Å²) in [6.07, 6.45) is 0.934. The molecule has 4 saturated heterocycles. The molecule has 26 heteroatoms. The zero-order valence-electron chi connectivity index (χ0n) is 57.8. The summed E-state index contributed by atoms with van der Waals surface area (Å²) in [5.74, 6) is -1.55. The predicted octanol–water partition coefficient (Wildman–Crippen LogP) is 3.71. The average molecular weight is 1370 g/mol. The van der Waals surface area contributed by atoms with E-state index < -0.39 is 185 Å². The Balaban J connectivity index is 1.37. The molecular weight excluding hydrogens is 1240 g/mol. The molecule has 0 aromatic carbocycles. The van der Waals surface area contributed by atoms with Crippen LogP contribution in [0.4, 0.5) is 0 Å². The Morgan fingerprint density at radius 1 is 0.421 bits per heavy atom. The van der Waals surface area contributed by atoms with Crippen LogP contribution in [0.1, 0.15) is 252 Å². The van der Waals surface area contributed by atoms with Gasteiger partial charge in [0.2, 0.25) is 11.8 Å². The highest BCUT2D eigenvalue weighted by Crippen LogP contribution is 2.34. The highest BCUT2D eigenvalue weighted by Gasteiger charge is 2.54. The van der Waals surface area contributed by atoms with Crippen molar-refractivity contribution in [1.29, 1.82) is 0 Å². The van der Waals surface area contributed by atoms with E-state index in [9.17, 15) is 81.1 Å². The molecule has 16 N–H and O–H groups in total. The van der Waals surface area contributed by atoms with Crippen LogP contribution in [-0.4, -0.2) is 257 Å². The number of nitrogens with one attached hydrogen (secondary N) is 2. The van der Waals surface area contributed by atoms with Crippen LogP contribution >= 0.6 is 0 Å². The van der Waals surface area contributed by atoms with Crippen molar-refractivity contribution in [2.45, 2.75) is 400 Å². The smallest absolute Gasteiger partial charge is 0.249 e. The number of amides is 2. The van der Waals surface area contributed by atoms with Crippen LogP contribution in [0.2, 0.25) is 0 Å². The summed E-state index contributed by atoms with van der Waals surface area (Å²) in [5.41, 5.74) is 0. The van der Waals surface area contributed by atoms with Crippen LogP contribution in [-0.2, 0) is 47.5 Å². The van der Waals surface area contributed by atoms with Gasteiger partial charge in [0.05, 0.1) is 44.7 Å². The number of unbranched alkanes of at least 4 members (excludes halogenated alkanes) is 31. The topological polar surface area (TPSA) is 415 Å². The second-order valence-electron chi connectivity index (χ2n) is 27.4. The van der Waals surface area contributed by atoms with Gasteiger partial charge in [-0.3, -0.25) is 9.59 Å². The number of aliphatic hydroxyl groups is 14. The summed E-state index contributed by atoms with van der Waals surface area (Å²) < 4.78 is 47.2. The fraction of sp³-hybridized carbons (Fsp3) is 0.971. The lowest BCUT2D eigenvalue weighted by Gasteiger charge is -2.48. The van der Waals surface area contributed by atoms with E-state index in [1.165, 1.54) is 148 Å². The third kappa shape index (κ3) is 30.3. The van der Waals surface area contributed by atoms with Gasteiger partial charge in [0.1, 0.15) is 104 Å². The quantitative estimate of drug-likeness (QED) is 0.0386. The predicted molar refractivity (Wildman–Crippen MR) is 351 cm³/mol. The largest absolute Gasteiger partial charge is 0.394 e. The first-order valence-corrected chi connectivity index (χ1v) is 36.8. The molecule has 0 aromatic rings. The molecule has 4 aliphatic rings. The van der Waals surface area contributed by atoms with Gasteiger partial charge in [-0.05, 0) is 19.8 Å². The number of hydrogen-bond donors (Lipinski definition) is 16. The Morgan fingerprint density at radius 2 is 0.811 bits per heavy atom. The van der Waals surface area contributed by atoms with Crippen LogP contribution in [0.25, 0.3) is 0 Å². The van der Waals surface area contributed by atoms with E-state index in [4.69, 9.17) is 37.9 Å². The van der Waals surface area contributed by atoms with Crippen molar-refractivity contribution in [2.75, 3.05) is 26.4 Å². The third-order valence-electron chi connectivity index (χ3n) is 19.3. The fourth-order valence-electron chi connectivity index (χ4n) is 13.1. The minimum Gasteiger partial charge on any atom is -0.394 e. The molecule has 0 spiro atoms. The van der Waals surface area contributed by atoms with E-state index in [0.29, 0.717) is 12.8 Å². The van der Waals surface area contributed by atoms with Gasteiger partial charge in [-0.1, -0.05) is 226 Å². The first-order valence-electron chi connectivity index (χ1n) is 36.8. The number of rotatable bonds is 52. The second-order valence-corrected chi connectivity index (χ2v) is 27.4. The minimum absolute atomic E-state index is 0.124. The number of hydrogen-bond acceptors (Lipinski definition) is 24. The SMILES string of the molecule is CCCCCCCCCCCCCCCCCCCCCCCC(O)C(=O)NC(COC1OC(CO)C(O)C(O)C1OC1OC(COC2OC(CO)C(O)C(OC3OC(C)C(O)C(O)C3O)C2NC(C)=O)C(O)C(O)C1O)C(O)C(O)CCCCCCCCCCCCCC. The molecule has 4 aliphatic heterocycles. The van der Waals surface area contributed by atoms with Crippen LogP contribution in [0, 0.1) is 0 Å². The van der Waals surface area contributed by atoms with Crippen molar-refractivity contribution in [3.8, 4) is 0 Å². The van der Waals surface area contributed by atoms with Gasteiger partial charge in [0.15, 0.2) is 25.2 Å². The molecule has 0 bridgehead atoms. The molecule has 4 heterocycles. The van der Waals surface area contributed by atoms with E-state index in [0.717, 1.165) is 64.7 Å². The first kappa shape index (κ1) is 85.5. The minimum atomic E-state index is -2.10. The van der Waals surface area contributed by atoms with Crippen molar-refractivity contribution >= 4 is 11.8 Å². The molecule has 0 radical (unpaired) electrons. The van der Waals surface area contributed by atoms with Crippen molar-refractivity contribution in [1.82, 2.24) is 10.6 Å². The molecular formula is C69H130N2O24. The van der Waals surface area contributed by atoms with Crippen LogP contribution in [0.3, 0.4) is 0 Å². The number of aliphatic hydroxyl groups excluding tert-OH is 14. The van der Waals surface area contributed by atoms with Gasteiger partial charge >= 0.3 is 0 Å². The zero-order chi connectivity index (χ0) is 69.7.